The smallest absolute Gasteiger partial charge is 0.335 e. The highest BCUT2D eigenvalue weighted by atomic mass is 19.1. The summed E-state index contributed by atoms with van der Waals surface area (Å²) in [6.07, 6.45) is 1.61. The predicted octanol–water partition coefficient (Wildman–Crippen LogP) is 2.51. The first-order chi connectivity index (χ1) is 17.4. The van der Waals surface area contributed by atoms with E-state index in [2.05, 4.69) is 15.0 Å². The molecule has 0 amide bonds. The summed E-state index contributed by atoms with van der Waals surface area (Å²) < 4.78 is 25.8. The number of hydrogen-bond donors (Lipinski definition) is 1. The molecule has 2 aromatic heterocycles. The Morgan fingerprint density at radius 1 is 1.03 bits per heavy atom. The van der Waals surface area contributed by atoms with Crippen molar-refractivity contribution in [3.8, 4) is 11.6 Å². The maximum Gasteiger partial charge on any atom is 0.335 e. The van der Waals surface area contributed by atoms with Gasteiger partial charge in [-0.25, -0.2) is 28.5 Å². The van der Waals surface area contributed by atoms with Crippen molar-refractivity contribution in [2.24, 2.45) is 4.99 Å². The van der Waals surface area contributed by atoms with Gasteiger partial charge in [-0.05, 0) is 55.0 Å². The lowest BCUT2D eigenvalue weighted by molar-refractivity contribution is -0.144. The van der Waals surface area contributed by atoms with Gasteiger partial charge in [-0.1, -0.05) is 18.2 Å². The molecule has 2 heterocycles. The summed E-state index contributed by atoms with van der Waals surface area (Å²) in [5.41, 5.74) is -0.631. The molecule has 0 bridgehead atoms. The van der Waals surface area contributed by atoms with Crippen molar-refractivity contribution >= 4 is 11.7 Å². The Bertz CT molecular complexity index is 1530. The zero-order valence-electron chi connectivity index (χ0n) is 19.3. The molecule has 36 heavy (non-hydrogen) atoms. The van der Waals surface area contributed by atoms with E-state index in [1.54, 1.807) is 55.6 Å². The van der Waals surface area contributed by atoms with Crippen LogP contribution in [-0.4, -0.2) is 31.7 Å². The van der Waals surface area contributed by atoms with E-state index in [0.29, 0.717) is 22.9 Å². The van der Waals surface area contributed by atoms with Crippen molar-refractivity contribution in [1.29, 1.82) is 0 Å². The molecule has 0 fully saturated rings. The van der Waals surface area contributed by atoms with Gasteiger partial charge in [0.05, 0.1) is 18.8 Å². The van der Waals surface area contributed by atoms with Crippen LogP contribution in [0.15, 0.2) is 87.5 Å². The van der Waals surface area contributed by atoms with Crippen molar-refractivity contribution in [1.82, 2.24) is 19.1 Å². The third kappa shape index (κ3) is 6.00. The van der Waals surface area contributed by atoms with E-state index in [4.69, 9.17) is 9.47 Å². The maximum absolute atomic E-state index is 13.4. The highest BCUT2D eigenvalue weighted by Crippen LogP contribution is 2.22. The van der Waals surface area contributed by atoms with E-state index >= 15 is 0 Å². The van der Waals surface area contributed by atoms with Crippen molar-refractivity contribution in [3.05, 3.63) is 111 Å². The van der Waals surface area contributed by atoms with E-state index in [-0.39, 0.29) is 18.8 Å². The quantitative estimate of drug-likeness (QED) is 0.378. The first-order valence-corrected chi connectivity index (χ1v) is 11.0. The molecular weight excluding hydrogens is 469 g/mol. The van der Waals surface area contributed by atoms with E-state index < -0.39 is 29.7 Å². The van der Waals surface area contributed by atoms with Crippen LogP contribution in [0.2, 0.25) is 0 Å². The number of pyridine rings is 1. The summed E-state index contributed by atoms with van der Waals surface area (Å²) in [5, 5.41) is 0. The summed E-state index contributed by atoms with van der Waals surface area (Å²) in [6.45, 7) is 1.13. The molecule has 0 aliphatic rings. The standard InChI is InChI=1S/C25H22FN5O5/c1-2-35-22(32)16-31-24(33)29-23(30(25(31)34)15-17-6-8-18(26)9-7-17)28-19-10-12-20(13-11-19)36-21-5-3-4-14-27-21/h3-14H,2,15-16H2,1H3,(H,28,29,33). The molecule has 0 saturated heterocycles. The van der Waals surface area contributed by atoms with Crippen LogP contribution in [-0.2, 0) is 22.6 Å². The minimum Gasteiger partial charge on any atom is -0.465 e. The van der Waals surface area contributed by atoms with Crippen LogP contribution in [0.1, 0.15) is 12.5 Å². The van der Waals surface area contributed by atoms with Crippen molar-refractivity contribution < 1.29 is 18.7 Å². The minimum atomic E-state index is -0.822. The Labute approximate surface area is 203 Å². The van der Waals surface area contributed by atoms with Gasteiger partial charge in [-0.15, -0.1) is 0 Å². The van der Waals surface area contributed by atoms with Gasteiger partial charge in [0.2, 0.25) is 11.5 Å². The number of halogens is 1. The molecule has 2 aromatic carbocycles. The van der Waals surface area contributed by atoms with E-state index in [1.165, 1.54) is 28.8 Å². The van der Waals surface area contributed by atoms with E-state index in [0.717, 1.165) is 4.57 Å². The largest absolute Gasteiger partial charge is 0.465 e. The van der Waals surface area contributed by atoms with Crippen LogP contribution in [0.25, 0.3) is 0 Å². The first-order valence-electron chi connectivity index (χ1n) is 11.0. The van der Waals surface area contributed by atoms with E-state index in [9.17, 15) is 18.8 Å². The number of nitrogens with zero attached hydrogens (tertiary/aromatic N) is 4. The number of nitrogens with one attached hydrogen (secondary N) is 1. The van der Waals surface area contributed by atoms with Crippen LogP contribution in [0.4, 0.5) is 10.1 Å². The number of ether oxygens (including phenoxy) is 2. The molecule has 0 unspecified atom stereocenters. The maximum atomic E-state index is 13.4. The molecule has 4 rings (SSSR count). The van der Waals surface area contributed by atoms with Crippen molar-refractivity contribution in [3.63, 3.8) is 0 Å². The Morgan fingerprint density at radius 3 is 2.44 bits per heavy atom. The first kappa shape index (κ1) is 24.3. The summed E-state index contributed by atoms with van der Waals surface area (Å²) in [5.74, 6) is -0.214. The number of benzene rings is 2. The van der Waals surface area contributed by atoms with Gasteiger partial charge in [0.1, 0.15) is 18.1 Å². The van der Waals surface area contributed by atoms with Gasteiger partial charge >= 0.3 is 17.3 Å². The van der Waals surface area contributed by atoms with Gasteiger partial charge in [0.25, 0.3) is 0 Å². The van der Waals surface area contributed by atoms with Gasteiger partial charge in [0.15, 0.2) is 0 Å². The Morgan fingerprint density at radius 2 is 1.78 bits per heavy atom. The van der Waals surface area contributed by atoms with Crippen molar-refractivity contribution in [2.45, 2.75) is 20.0 Å². The van der Waals surface area contributed by atoms with Gasteiger partial charge in [-0.2, -0.15) is 0 Å². The highest BCUT2D eigenvalue weighted by molar-refractivity contribution is 5.69. The average Bonchev–Trinajstić information content (AvgIpc) is 2.87. The van der Waals surface area contributed by atoms with Crippen molar-refractivity contribution in [2.75, 3.05) is 6.61 Å². The Kier molecular flexibility index (Phi) is 7.49. The second kappa shape index (κ2) is 11.1. The predicted molar refractivity (Wildman–Crippen MR) is 127 cm³/mol. The fourth-order valence-corrected chi connectivity index (χ4v) is 3.27. The van der Waals surface area contributed by atoms with Crippen LogP contribution in [0, 0.1) is 5.82 Å². The monoisotopic (exact) mass is 491 g/mol. The summed E-state index contributed by atoms with van der Waals surface area (Å²) in [4.78, 5) is 48.9. The van der Waals surface area contributed by atoms with Crippen LogP contribution < -0.4 is 21.7 Å². The average molecular weight is 491 g/mol. The summed E-state index contributed by atoms with van der Waals surface area (Å²) in [7, 11) is 0. The molecule has 1 N–H and O–H groups in total. The zero-order valence-corrected chi connectivity index (χ0v) is 19.3. The van der Waals surface area contributed by atoms with Crippen LogP contribution in [0.3, 0.4) is 0 Å². The number of rotatable bonds is 8. The molecule has 11 heteroatoms. The third-order valence-electron chi connectivity index (χ3n) is 4.96. The number of carbonyl (C=O) groups excluding carboxylic acids is 1. The van der Waals surface area contributed by atoms with Crippen LogP contribution in [0.5, 0.6) is 11.6 Å². The fourth-order valence-electron chi connectivity index (χ4n) is 3.27. The molecular formula is C25H22FN5O5. The van der Waals surface area contributed by atoms with Gasteiger partial charge < -0.3 is 9.47 Å². The summed E-state index contributed by atoms with van der Waals surface area (Å²) in [6, 6.07) is 17.4. The number of esters is 1. The fraction of sp³-hybridized carbons (Fsp3) is 0.160. The second-order valence-corrected chi connectivity index (χ2v) is 7.52. The highest BCUT2D eigenvalue weighted by Gasteiger charge is 2.14. The number of hydrogen-bond acceptors (Lipinski definition) is 7. The minimum absolute atomic E-state index is 0.0293. The number of aromatic nitrogens is 4. The lowest BCUT2D eigenvalue weighted by atomic mass is 10.2. The van der Waals surface area contributed by atoms with Gasteiger partial charge in [0, 0.05) is 12.3 Å². The second-order valence-electron chi connectivity index (χ2n) is 7.52. The Hall–Kier alpha value is -4.80. The van der Waals surface area contributed by atoms with Gasteiger partial charge in [-0.3, -0.25) is 14.3 Å². The number of carbonyl (C=O) groups is 1. The lowest BCUT2D eigenvalue weighted by Crippen LogP contribution is -2.51. The molecule has 0 aliphatic carbocycles. The molecule has 0 radical (unpaired) electrons. The van der Waals surface area contributed by atoms with E-state index in [1.807, 2.05) is 0 Å². The number of aromatic amines is 1. The zero-order chi connectivity index (χ0) is 25.5. The molecule has 0 spiro atoms. The third-order valence-corrected chi connectivity index (χ3v) is 4.96. The lowest BCUT2D eigenvalue weighted by Gasteiger charge is -2.11. The molecule has 0 atom stereocenters. The summed E-state index contributed by atoms with van der Waals surface area (Å²) >= 11 is 0. The number of H-pyrrole nitrogens is 1. The Balaban J connectivity index is 1.73. The van der Waals surface area contributed by atoms with Crippen LogP contribution >= 0.6 is 0 Å². The molecule has 0 saturated carbocycles. The molecule has 184 valence electrons. The normalized spacial score (nSPS) is 11.3. The molecule has 4 aromatic rings. The molecule has 10 nitrogen and oxygen atoms in total. The SMILES string of the molecule is CCOC(=O)Cn1c(=O)[nH]/c(=N\c2ccc(Oc3ccccn3)cc2)n(Cc2ccc(F)cc2)c1=O. The topological polar surface area (TPSA) is 121 Å². The molecule has 0 aliphatic heterocycles.